The van der Waals surface area contributed by atoms with E-state index < -0.39 is 142 Å². The Balaban J connectivity index is 1.44. The summed E-state index contributed by atoms with van der Waals surface area (Å²) in [5.74, 6) is -1.31. The Bertz CT molecular complexity index is 1110. The molecule has 4 aliphatic heterocycles. The van der Waals surface area contributed by atoms with Crippen molar-refractivity contribution in [2.45, 2.75) is 110 Å². The highest BCUT2D eigenvalue weighted by atomic mass is 16.8. The van der Waals surface area contributed by atoms with Crippen LogP contribution in [0.3, 0.4) is 0 Å². The first-order valence-corrected chi connectivity index (χ1v) is 14.9. The molecule has 0 bridgehead atoms. The van der Waals surface area contributed by atoms with Gasteiger partial charge in [-0.3, -0.25) is 0 Å². The summed E-state index contributed by atoms with van der Waals surface area (Å²) in [4.78, 5) is 0. The molecule has 1 aliphatic carbocycles. The summed E-state index contributed by atoms with van der Waals surface area (Å²) in [5, 5.41) is 134. The highest BCUT2D eigenvalue weighted by Crippen LogP contribution is 2.48. The van der Waals surface area contributed by atoms with Crippen molar-refractivity contribution in [1.82, 2.24) is 0 Å². The average molecular weight is 687 g/mol. The van der Waals surface area contributed by atoms with Crippen molar-refractivity contribution in [3.8, 4) is 0 Å². The zero-order valence-electron chi connectivity index (χ0n) is 24.6. The van der Waals surface area contributed by atoms with Gasteiger partial charge in [0.2, 0.25) is 6.29 Å². The minimum atomic E-state index is -2.02. The monoisotopic (exact) mass is 686 g/mol. The lowest BCUT2D eigenvalue weighted by Crippen LogP contribution is -2.67. The maximum Gasteiger partial charge on any atom is 0.211 e. The third kappa shape index (κ3) is 6.59. The molecule has 14 unspecified atom stereocenters. The van der Waals surface area contributed by atoms with Gasteiger partial charge in [0, 0.05) is 0 Å². The smallest absolute Gasteiger partial charge is 0.211 e. The molecular weight excluding hydrogens is 644 g/mol. The second-order valence-corrected chi connectivity index (χ2v) is 11.9. The number of hydrogen-bond acceptors (Lipinski definition) is 20. The lowest BCUT2D eigenvalue weighted by atomic mass is 9.82. The van der Waals surface area contributed by atoms with Crippen LogP contribution in [0.5, 0.6) is 0 Å². The largest absolute Gasteiger partial charge is 0.472 e. The topological polar surface area (TPSA) is 328 Å². The minimum absolute atomic E-state index is 0.0675. The molecule has 20 heteroatoms. The van der Waals surface area contributed by atoms with Crippen LogP contribution in [0.4, 0.5) is 0 Å². The lowest BCUT2D eigenvalue weighted by Gasteiger charge is -2.50. The van der Waals surface area contributed by atoms with Gasteiger partial charge in [-0.25, -0.2) is 0 Å². The second kappa shape index (κ2) is 14.8. The fourth-order valence-corrected chi connectivity index (χ4v) is 6.39. The van der Waals surface area contributed by atoms with Crippen molar-refractivity contribution in [2.24, 2.45) is 5.92 Å². The highest BCUT2D eigenvalue weighted by Gasteiger charge is 2.61. The predicted octanol–water partition coefficient (Wildman–Crippen LogP) is -8.04. The predicted molar refractivity (Wildman–Crippen MR) is 144 cm³/mol. The van der Waals surface area contributed by atoms with Crippen molar-refractivity contribution in [1.29, 1.82) is 0 Å². The van der Waals surface area contributed by atoms with Crippen LogP contribution >= 0.6 is 0 Å². The molecule has 0 radical (unpaired) electrons. The maximum absolute atomic E-state index is 11.3. The van der Waals surface area contributed by atoms with Gasteiger partial charge in [-0.2, -0.15) is 0 Å². The summed E-state index contributed by atoms with van der Waals surface area (Å²) in [5.41, 5.74) is -1.95. The summed E-state index contributed by atoms with van der Waals surface area (Å²) in [7, 11) is 0. The quantitative estimate of drug-likeness (QED) is 0.0949. The molecule has 0 amide bonds. The van der Waals surface area contributed by atoms with Gasteiger partial charge in [0.1, 0.15) is 85.0 Å². The molecule has 3 saturated heterocycles. The first kappa shape index (κ1) is 36.8. The third-order valence-electron chi connectivity index (χ3n) is 9.12. The van der Waals surface area contributed by atoms with Crippen LogP contribution < -0.4 is 0 Å². The van der Waals surface area contributed by atoms with Crippen molar-refractivity contribution in [3.05, 3.63) is 24.0 Å². The van der Waals surface area contributed by atoms with Gasteiger partial charge in [0.25, 0.3) is 0 Å². The zero-order chi connectivity index (χ0) is 34.4. The Kier molecular flexibility index (Phi) is 11.6. The van der Waals surface area contributed by atoms with Crippen LogP contribution in [0.1, 0.15) is 0 Å². The number of aliphatic hydroxyl groups excluding tert-OH is 13. The second-order valence-electron chi connectivity index (χ2n) is 11.9. The van der Waals surface area contributed by atoms with E-state index in [0.717, 1.165) is 6.26 Å². The molecule has 20 nitrogen and oxygen atoms in total. The number of rotatable bonds is 10. The molecule has 19 atom stereocenters. The molecule has 270 valence electrons. The van der Waals surface area contributed by atoms with Crippen LogP contribution in [-0.2, 0) is 33.2 Å². The zero-order valence-corrected chi connectivity index (χ0v) is 24.6. The van der Waals surface area contributed by atoms with Crippen LogP contribution in [-0.4, -0.2) is 203 Å². The standard InChI is InChI=1S/C27H42O20/c28-4-8-3-12(32)27(1-2-41-23(13(8)27)46-25-21(40)18(37)15(34)10(6-30)43-25)47-26-22(19(38)16(35)11(7-31)44-26)45-24-20(39)17(36)14(33)9(5-29)42-24/h1-3,9-26,28-40H,4-7H2/t9?,10?,11?,12?,13-,14?,15?,16?,17?,18?,19?,20?,21?,22?,23?,24-,25-,26-,27-/m1/s1. The van der Waals surface area contributed by atoms with Crippen molar-refractivity contribution < 1.29 is 99.5 Å². The minimum Gasteiger partial charge on any atom is -0.472 e. The van der Waals surface area contributed by atoms with E-state index in [1.165, 1.54) is 12.2 Å². The third-order valence-corrected chi connectivity index (χ3v) is 9.12. The Morgan fingerprint density at radius 2 is 1.06 bits per heavy atom. The maximum atomic E-state index is 11.3. The van der Waals surface area contributed by atoms with Crippen LogP contribution in [0.25, 0.3) is 0 Å². The molecule has 3 fully saturated rings. The Morgan fingerprint density at radius 3 is 1.57 bits per heavy atom. The van der Waals surface area contributed by atoms with E-state index in [9.17, 15) is 66.4 Å². The molecule has 0 saturated carbocycles. The van der Waals surface area contributed by atoms with Gasteiger partial charge in [0.15, 0.2) is 18.9 Å². The number of hydrogen-bond donors (Lipinski definition) is 13. The van der Waals surface area contributed by atoms with E-state index in [1.807, 2.05) is 0 Å². The van der Waals surface area contributed by atoms with E-state index >= 15 is 0 Å². The van der Waals surface area contributed by atoms with Crippen molar-refractivity contribution in [3.63, 3.8) is 0 Å². The lowest BCUT2D eigenvalue weighted by molar-refractivity contribution is -0.388. The molecule has 4 heterocycles. The van der Waals surface area contributed by atoms with Gasteiger partial charge >= 0.3 is 0 Å². The Labute approximate surface area is 266 Å². The van der Waals surface area contributed by atoms with E-state index in [1.54, 1.807) is 0 Å². The van der Waals surface area contributed by atoms with E-state index in [2.05, 4.69) is 0 Å². The molecule has 13 N–H and O–H groups in total. The molecule has 5 aliphatic rings. The summed E-state index contributed by atoms with van der Waals surface area (Å²) in [6, 6.07) is 0. The molecular formula is C27H42O20. The van der Waals surface area contributed by atoms with E-state index in [0.29, 0.717) is 0 Å². The summed E-state index contributed by atoms with van der Waals surface area (Å²) in [6.45, 7) is -3.11. The van der Waals surface area contributed by atoms with Gasteiger partial charge < -0.3 is 99.5 Å². The SMILES string of the molecule is OCC1=CC(O)[C@]2(O[C@H]3OC(CO)C(O)C(O)C3O[C@H]3OC(CO)C(O)C(O)C3O)C=COC(O[C@H]3OC(CO)C(O)C(O)C3O)[C@@H]12. The molecule has 0 spiro atoms. The fraction of sp³-hybridized carbons (Fsp3) is 0.852. The van der Waals surface area contributed by atoms with Crippen LogP contribution in [0, 0.1) is 5.92 Å². The number of fused-ring (bicyclic) bond motifs is 1. The van der Waals surface area contributed by atoms with Gasteiger partial charge in [-0.05, 0) is 11.6 Å². The van der Waals surface area contributed by atoms with Crippen LogP contribution in [0.15, 0.2) is 24.0 Å². The van der Waals surface area contributed by atoms with E-state index in [-0.39, 0.29) is 5.57 Å². The van der Waals surface area contributed by atoms with E-state index in [4.69, 9.17) is 33.2 Å². The van der Waals surface area contributed by atoms with Crippen LogP contribution in [0.2, 0.25) is 0 Å². The van der Waals surface area contributed by atoms with Gasteiger partial charge in [-0.1, -0.05) is 6.08 Å². The van der Waals surface area contributed by atoms with Crippen molar-refractivity contribution in [2.75, 3.05) is 26.4 Å². The molecule has 5 rings (SSSR count). The average Bonchev–Trinajstić information content (AvgIpc) is 3.35. The summed E-state index contributed by atoms with van der Waals surface area (Å²) in [6.07, 6.45) is -26.0. The molecule has 0 aromatic carbocycles. The molecule has 47 heavy (non-hydrogen) atoms. The normalized spacial score (nSPS) is 51.7. The molecule has 0 aromatic rings. The Hall–Kier alpha value is -1.48. The van der Waals surface area contributed by atoms with Gasteiger partial charge in [-0.15, -0.1) is 0 Å². The highest BCUT2D eigenvalue weighted by molar-refractivity contribution is 5.34. The first-order valence-electron chi connectivity index (χ1n) is 14.9. The van der Waals surface area contributed by atoms with Gasteiger partial charge in [0.05, 0.1) is 38.6 Å². The number of aliphatic hydroxyl groups is 13. The Morgan fingerprint density at radius 1 is 0.574 bits per heavy atom. The molecule has 0 aromatic heterocycles. The fourth-order valence-electron chi connectivity index (χ4n) is 6.39. The summed E-state index contributed by atoms with van der Waals surface area (Å²) >= 11 is 0. The summed E-state index contributed by atoms with van der Waals surface area (Å²) < 4.78 is 39.8. The first-order chi connectivity index (χ1) is 22.3. The van der Waals surface area contributed by atoms with Crippen molar-refractivity contribution >= 4 is 0 Å². The number of ether oxygens (including phenoxy) is 7.